The molecule has 21 heavy (non-hydrogen) atoms. The van der Waals surface area contributed by atoms with Crippen LogP contribution in [0.1, 0.15) is 29.3 Å². The number of hydrogen-bond acceptors (Lipinski definition) is 2. The number of hydrogen-bond donors (Lipinski definition) is 1. The normalized spacial score (nSPS) is 10.4. The number of benzene rings is 2. The average molecular weight is 347 g/mol. The van der Waals surface area contributed by atoms with Gasteiger partial charge in [-0.25, -0.2) is 0 Å². The minimum Gasteiger partial charge on any atom is -0.399 e. The van der Waals surface area contributed by atoms with Crippen LogP contribution in [-0.2, 0) is 0 Å². The molecule has 2 N–H and O–H groups in total. The lowest BCUT2D eigenvalue weighted by Gasteiger charge is -2.23. The van der Waals surface area contributed by atoms with Crippen molar-refractivity contribution in [3.05, 3.63) is 58.1 Å². The summed E-state index contributed by atoms with van der Waals surface area (Å²) in [5, 5.41) is 0. The quantitative estimate of drug-likeness (QED) is 0.834. The lowest BCUT2D eigenvalue weighted by molar-refractivity contribution is 0.0987. The fourth-order valence-corrected chi connectivity index (χ4v) is 2.44. The smallest absolute Gasteiger partial charge is 0.258 e. The van der Waals surface area contributed by atoms with Crippen LogP contribution in [0.15, 0.2) is 46.9 Å². The molecule has 2 aromatic rings. The van der Waals surface area contributed by atoms with Crippen LogP contribution >= 0.6 is 15.9 Å². The van der Waals surface area contributed by atoms with Gasteiger partial charge >= 0.3 is 0 Å². The number of amides is 1. The van der Waals surface area contributed by atoms with E-state index in [-0.39, 0.29) is 5.91 Å². The first-order valence-electron chi connectivity index (χ1n) is 6.96. The second-order valence-corrected chi connectivity index (χ2v) is 5.87. The molecular formula is C17H19BrN2O. The van der Waals surface area contributed by atoms with Gasteiger partial charge in [0.1, 0.15) is 0 Å². The predicted octanol–water partition coefficient (Wildman–Crippen LogP) is 4.40. The van der Waals surface area contributed by atoms with E-state index in [2.05, 4.69) is 22.9 Å². The van der Waals surface area contributed by atoms with Gasteiger partial charge < -0.3 is 10.6 Å². The minimum atomic E-state index is -0.00181. The first kappa shape index (κ1) is 15.6. The molecule has 2 rings (SSSR count). The highest BCUT2D eigenvalue weighted by Crippen LogP contribution is 2.23. The highest BCUT2D eigenvalue weighted by atomic mass is 79.9. The Bertz CT molecular complexity index is 655. The molecule has 0 atom stereocenters. The van der Waals surface area contributed by atoms with Crippen LogP contribution in [0.3, 0.4) is 0 Å². The maximum atomic E-state index is 12.8. The maximum Gasteiger partial charge on any atom is 0.258 e. The van der Waals surface area contributed by atoms with Crippen molar-refractivity contribution in [3.8, 4) is 0 Å². The van der Waals surface area contributed by atoms with E-state index < -0.39 is 0 Å². The van der Waals surface area contributed by atoms with Gasteiger partial charge in [-0.1, -0.05) is 28.9 Å². The Kier molecular flexibility index (Phi) is 5.02. The van der Waals surface area contributed by atoms with Crippen molar-refractivity contribution in [2.24, 2.45) is 0 Å². The van der Waals surface area contributed by atoms with E-state index in [9.17, 15) is 4.79 Å². The summed E-state index contributed by atoms with van der Waals surface area (Å²) < 4.78 is 1.00. The topological polar surface area (TPSA) is 46.3 Å². The summed E-state index contributed by atoms with van der Waals surface area (Å²) in [6.45, 7) is 4.70. The Morgan fingerprint density at radius 2 is 2.00 bits per heavy atom. The molecule has 3 nitrogen and oxygen atoms in total. The highest BCUT2D eigenvalue weighted by Gasteiger charge is 2.17. The standard InChI is InChI=1S/C17H19BrN2O/c1-3-9-20(15-6-4-5-14(19)11-15)17(21)13-7-8-16(18)12(2)10-13/h4-8,10-11H,3,9,19H2,1-2H3. The summed E-state index contributed by atoms with van der Waals surface area (Å²) in [7, 11) is 0. The van der Waals surface area contributed by atoms with Crippen LogP contribution < -0.4 is 10.6 Å². The molecule has 0 aliphatic rings. The summed E-state index contributed by atoms with van der Waals surface area (Å²) in [6, 6.07) is 13.1. The van der Waals surface area contributed by atoms with Crippen LogP contribution in [0.5, 0.6) is 0 Å². The number of carbonyl (C=O) groups is 1. The molecule has 0 heterocycles. The summed E-state index contributed by atoms with van der Waals surface area (Å²) >= 11 is 3.46. The zero-order valence-corrected chi connectivity index (χ0v) is 13.9. The van der Waals surface area contributed by atoms with Crippen LogP contribution in [0, 0.1) is 6.92 Å². The largest absolute Gasteiger partial charge is 0.399 e. The first-order valence-corrected chi connectivity index (χ1v) is 7.75. The van der Waals surface area contributed by atoms with E-state index in [1.54, 1.807) is 4.90 Å². The van der Waals surface area contributed by atoms with Gasteiger partial charge in [-0.3, -0.25) is 4.79 Å². The van der Waals surface area contributed by atoms with Crippen molar-refractivity contribution < 1.29 is 4.79 Å². The minimum absolute atomic E-state index is 0.00181. The Morgan fingerprint density at radius 3 is 2.62 bits per heavy atom. The number of nitrogens with zero attached hydrogens (tertiary/aromatic N) is 1. The summed E-state index contributed by atoms with van der Waals surface area (Å²) in [5.41, 5.74) is 9.06. The molecule has 0 bridgehead atoms. The van der Waals surface area contributed by atoms with E-state index in [0.29, 0.717) is 17.8 Å². The highest BCUT2D eigenvalue weighted by molar-refractivity contribution is 9.10. The van der Waals surface area contributed by atoms with Gasteiger partial charge in [-0.05, 0) is 55.3 Å². The van der Waals surface area contributed by atoms with Crippen LogP contribution in [0.25, 0.3) is 0 Å². The number of nitrogens with two attached hydrogens (primary N) is 1. The third-order valence-electron chi connectivity index (χ3n) is 3.28. The third kappa shape index (κ3) is 3.64. The van der Waals surface area contributed by atoms with E-state index in [1.165, 1.54) is 0 Å². The number of rotatable bonds is 4. The van der Waals surface area contributed by atoms with Crippen molar-refractivity contribution in [2.75, 3.05) is 17.2 Å². The fraction of sp³-hybridized carbons (Fsp3) is 0.235. The molecule has 0 fully saturated rings. The van der Waals surface area contributed by atoms with Crippen molar-refractivity contribution in [3.63, 3.8) is 0 Å². The van der Waals surface area contributed by atoms with Gasteiger partial charge in [0.2, 0.25) is 0 Å². The molecule has 0 aliphatic carbocycles. The van der Waals surface area contributed by atoms with Gasteiger partial charge in [0, 0.05) is 28.0 Å². The molecule has 0 spiro atoms. The number of nitrogen functional groups attached to an aromatic ring is 1. The molecule has 4 heteroatoms. The summed E-state index contributed by atoms with van der Waals surface area (Å²) in [5.74, 6) is -0.00181. The lowest BCUT2D eigenvalue weighted by atomic mass is 10.1. The first-order chi connectivity index (χ1) is 10.0. The second kappa shape index (κ2) is 6.76. The summed E-state index contributed by atoms with van der Waals surface area (Å²) in [4.78, 5) is 14.6. The molecule has 1 amide bonds. The predicted molar refractivity (Wildman–Crippen MR) is 91.7 cm³/mol. The summed E-state index contributed by atoms with van der Waals surface area (Å²) in [6.07, 6.45) is 0.885. The number of anilines is 2. The monoisotopic (exact) mass is 346 g/mol. The second-order valence-electron chi connectivity index (χ2n) is 5.02. The Morgan fingerprint density at radius 1 is 1.24 bits per heavy atom. The molecular weight excluding hydrogens is 328 g/mol. The molecule has 110 valence electrons. The van der Waals surface area contributed by atoms with E-state index in [1.807, 2.05) is 49.4 Å². The van der Waals surface area contributed by atoms with Gasteiger partial charge in [0.25, 0.3) is 5.91 Å². The van der Waals surface area contributed by atoms with E-state index in [0.717, 1.165) is 22.1 Å². The average Bonchev–Trinajstić information content (AvgIpc) is 2.47. The van der Waals surface area contributed by atoms with Crippen molar-refractivity contribution in [2.45, 2.75) is 20.3 Å². The van der Waals surface area contributed by atoms with E-state index >= 15 is 0 Å². The number of carbonyl (C=O) groups excluding carboxylic acids is 1. The molecule has 0 saturated heterocycles. The van der Waals surface area contributed by atoms with Crippen molar-refractivity contribution >= 4 is 33.2 Å². The van der Waals surface area contributed by atoms with Gasteiger partial charge in [-0.2, -0.15) is 0 Å². The molecule has 0 unspecified atom stereocenters. The number of halogens is 1. The van der Waals surface area contributed by atoms with Gasteiger partial charge in [0.05, 0.1) is 0 Å². The van der Waals surface area contributed by atoms with Crippen molar-refractivity contribution in [1.82, 2.24) is 0 Å². The third-order valence-corrected chi connectivity index (χ3v) is 4.17. The number of aryl methyl sites for hydroxylation is 1. The maximum absolute atomic E-state index is 12.8. The van der Waals surface area contributed by atoms with E-state index in [4.69, 9.17) is 5.73 Å². The molecule has 0 radical (unpaired) electrons. The van der Waals surface area contributed by atoms with Crippen LogP contribution in [-0.4, -0.2) is 12.5 Å². The van der Waals surface area contributed by atoms with Gasteiger partial charge in [0.15, 0.2) is 0 Å². The lowest BCUT2D eigenvalue weighted by Crippen LogP contribution is -2.31. The van der Waals surface area contributed by atoms with Gasteiger partial charge in [-0.15, -0.1) is 0 Å². The Balaban J connectivity index is 2.37. The molecule has 0 aliphatic heterocycles. The molecule has 0 saturated carbocycles. The molecule has 0 aromatic heterocycles. The van der Waals surface area contributed by atoms with Crippen LogP contribution in [0.4, 0.5) is 11.4 Å². The zero-order valence-electron chi connectivity index (χ0n) is 12.3. The Hall–Kier alpha value is -1.81. The SMILES string of the molecule is CCCN(C(=O)c1ccc(Br)c(C)c1)c1cccc(N)c1. The Labute approximate surface area is 133 Å². The fourth-order valence-electron chi connectivity index (χ4n) is 2.20. The zero-order chi connectivity index (χ0) is 15.4. The molecule has 2 aromatic carbocycles. The van der Waals surface area contributed by atoms with Crippen LogP contribution in [0.2, 0.25) is 0 Å². The van der Waals surface area contributed by atoms with Crippen molar-refractivity contribution in [1.29, 1.82) is 0 Å².